The van der Waals surface area contributed by atoms with E-state index in [1.54, 1.807) is 0 Å². The number of nitrogens with zero attached hydrogens (tertiary/aromatic N) is 1. The third-order valence-electron chi connectivity index (χ3n) is 1.79. The van der Waals surface area contributed by atoms with Crippen molar-refractivity contribution in [2.24, 2.45) is 11.8 Å². The number of rotatable bonds is 5. The molecule has 0 aromatic heterocycles. The lowest BCUT2D eigenvalue weighted by Gasteiger charge is -2.26. The molecule has 0 heterocycles. The van der Waals surface area contributed by atoms with Crippen molar-refractivity contribution in [3.05, 3.63) is 6.92 Å². The first kappa shape index (κ1) is 12.9. The summed E-state index contributed by atoms with van der Waals surface area (Å²) in [5.41, 5.74) is 0. The summed E-state index contributed by atoms with van der Waals surface area (Å²) >= 11 is 5.36. The van der Waals surface area contributed by atoms with E-state index in [0.29, 0.717) is 11.8 Å². The van der Waals surface area contributed by atoms with Crippen LogP contribution < -0.4 is 0 Å². The molecular weight excluding hydrogens is 178 g/mol. The lowest BCUT2D eigenvalue weighted by atomic mass is 10.1. The maximum absolute atomic E-state index is 5.36. The first-order valence-corrected chi connectivity index (χ1v) is 5.45. The van der Waals surface area contributed by atoms with Gasteiger partial charge in [0, 0.05) is 19.5 Å². The smallest absolute Gasteiger partial charge is 0.0781 e. The molecule has 0 aromatic carbocycles. The molecule has 0 N–H and O–H groups in total. The average molecular weight is 200 g/mol. The molecule has 77 valence electrons. The Morgan fingerprint density at radius 3 is 2.08 bits per heavy atom. The van der Waals surface area contributed by atoms with Crippen molar-refractivity contribution in [1.82, 2.24) is 4.90 Å². The van der Waals surface area contributed by atoms with Gasteiger partial charge in [-0.3, -0.25) is 0 Å². The van der Waals surface area contributed by atoms with Crippen LogP contribution >= 0.6 is 12.2 Å². The maximum Gasteiger partial charge on any atom is 0.0781 e. The minimum atomic E-state index is 0.647. The first-order chi connectivity index (χ1) is 5.97. The molecule has 0 aromatic rings. The van der Waals surface area contributed by atoms with Gasteiger partial charge in [-0.25, -0.2) is 0 Å². The zero-order valence-corrected chi connectivity index (χ0v) is 10.2. The van der Waals surface area contributed by atoms with E-state index < -0.39 is 0 Å². The molecule has 0 atom stereocenters. The minimum Gasteiger partial charge on any atom is -0.366 e. The van der Waals surface area contributed by atoms with Gasteiger partial charge in [0.05, 0.1) is 4.99 Å². The number of hydrogen-bond donors (Lipinski definition) is 0. The lowest BCUT2D eigenvalue weighted by Crippen LogP contribution is -2.33. The van der Waals surface area contributed by atoms with Crippen molar-refractivity contribution in [3.63, 3.8) is 0 Å². The Bertz CT molecular complexity index is 152. The van der Waals surface area contributed by atoms with Crippen LogP contribution in [0.25, 0.3) is 0 Å². The summed E-state index contributed by atoms with van der Waals surface area (Å²) < 4.78 is 0. The second-order valence-electron chi connectivity index (χ2n) is 4.33. The topological polar surface area (TPSA) is 3.24 Å². The van der Waals surface area contributed by atoms with Crippen LogP contribution in [0.1, 0.15) is 34.1 Å². The summed E-state index contributed by atoms with van der Waals surface area (Å²) in [5, 5.41) is 0. The van der Waals surface area contributed by atoms with Crippen molar-refractivity contribution >= 4 is 17.2 Å². The lowest BCUT2D eigenvalue weighted by molar-refractivity contribution is 0.388. The van der Waals surface area contributed by atoms with E-state index in [2.05, 4.69) is 39.5 Å². The third-order valence-corrected chi connectivity index (χ3v) is 2.22. The van der Waals surface area contributed by atoms with E-state index in [1.807, 2.05) is 0 Å². The van der Waals surface area contributed by atoms with E-state index in [9.17, 15) is 0 Å². The molecule has 0 bridgehead atoms. The zero-order valence-electron chi connectivity index (χ0n) is 9.34. The summed E-state index contributed by atoms with van der Waals surface area (Å²) in [5.74, 6) is 1.31. The standard InChI is InChI=1S/C11H22NS/c1-6-12(8-10(4)5)11(13)7-9(2)3/h9-10H,1,6-8H2,2-5H3. The molecule has 2 heteroatoms. The molecule has 0 aliphatic carbocycles. The average Bonchev–Trinajstić information content (AvgIpc) is 1.98. The Morgan fingerprint density at radius 2 is 1.77 bits per heavy atom. The van der Waals surface area contributed by atoms with Gasteiger partial charge >= 0.3 is 0 Å². The second-order valence-corrected chi connectivity index (χ2v) is 4.80. The van der Waals surface area contributed by atoms with Crippen molar-refractivity contribution in [2.45, 2.75) is 34.1 Å². The highest BCUT2D eigenvalue weighted by Gasteiger charge is 2.10. The van der Waals surface area contributed by atoms with Gasteiger partial charge in [0.1, 0.15) is 0 Å². The fraction of sp³-hybridized carbons (Fsp3) is 0.818. The van der Waals surface area contributed by atoms with Crippen LogP contribution in [0.15, 0.2) is 0 Å². The summed E-state index contributed by atoms with van der Waals surface area (Å²) in [6, 6.07) is 0. The van der Waals surface area contributed by atoms with Gasteiger partial charge in [-0.15, -0.1) is 0 Å². The van der Waals surface area contributed by atoms with Crippen molar-refractivity contribution in [1.29, 1.82) is 0 Å². The van der Waals surface area contributed by atoms with E-state index >= 15 is 0 Å². The molecule has 0 unspecified atom stereocenters. The summed E-state index contributed by atoms with van der Waals surface area (Å²) in [7, 11) is 0. The van der Waals surface area contributed by atoms with Gasteiger partial charge in [0.25, 0.3) is 0 Å². The minimum absolute atomic E-state index is 0.647. The van der Waals surface area contributed by atoms with Crippen LogP contribution in [0.3, 0.4) is 0 Å². The van der Waals surface area contributed by atoms with Crippen molar-refractivity contribution in [3.8, 4) is 0 Å². The van der Waals surface area contributed by atoms with Crippen molar-refractivity contribution in [2.75, 3.05) is 13.1 Å². The number of hydrogen-bond acceptors (Lipinski definition) is 1. The second kappa shape index (κ2) is 6.36. The summed E-state index contributed by atoms with van der Waals surface area (Å²) in [6.45, 7) is 14.6. The number of thiocarbonyl (C=S) groups is 1. The molecule has 0 aliphatic heterocycles. The molecule has 0 saturated heterocycles. The fourth-order valence-electron chi connectivity index (χ4n) is 1.24. The van der Waals surface area contributed by atoms with E-state index in [0.717, 1.165) is 24.5 Å². The molecule has 0 saturated carbocycles. The van der Waals surface area contributed by atoms with Gasteiger partial charge < -0.3 is 4.90 Å². The molecule has 1 nitrogen and oxygen atoms in total. The van der Waals surface area contributed by atoms with Crippen LogP contribution in [-0.4, -0.2) is 23.0 Å². The molecule has 0 amide bonds. The van der Waals surface area contributed by atoms with E-state index in [-0.39, 0.29) is 0 Å². The third kappa shape index (κ3) is 6.03. The summed E-state index contributed by atoms with van der Waals surface area (Å²) in [4.78, 5) is 3.28. The Kier molecular flexibility index (Phi) is 6.31. The predicted molar refractivity (Wildman–Crippen MR) is 63.8 cm³/mol. The molecular formula is C11H22NS. The fourth-order valence-corrected chi connectivity index (χ4v) is 1.74. The van der Waals surface area contributed by atoms with Crippen LogP contribution in [0, 0.1) is 18.8 Å². The quantitative estimate of drug-likeness (QED) is 0.627. The van der Waals surface area contributed by atoms with Gasteiger partial charge in [-0.2, -0.15) is 0 Å². The van der Waals surface area contributed by atoms with Crippen LogP contribution in [0.5, 0.6) is 0 Å². The van der Waals surface area contributed by atoms with Crippen LogP contribution in [0.4, 0.5) is 0 Å². The van der Waals surface area contributed by atoms with Crippen molar-refractivity contribution < 1.29 is 0 Å². The predicted octanol–water partition coefficient (Wildman–Crippen LogP) is 3.15. The van der Waals surface area contributed by atoms with E-state index in [1.165, 1.54) is 0 Å². The van der Waals surface area contributed by atoms with Gasteiger partial charge in [-0.05, 0) is 18.8 Å². The summed E-state index contributed by atoms with van der Waals surface area (Å²) in [6.07, 6.45) is 1.01. The normalized spacial score (nSPS) is 11.0. The SMILES string of the molecule is [CH2]CN(CC(C)C)C(=S)CC(C)C. The Hall–Kier alpha value is -0.110. The highest BCUT2D eigenvalue weighted by molar-refractivity contribution is 7.80. The largest absolute Gasteiger partial charge is 0.366 e. The first-order valence-electron chi connectivity index (χ1n) is 5.04. The Morgan fingerprint density at radius 1 is 1.23 bits per heavy atom. The highest BCUT2D eigenvalue weighted by atomic mass is 32.1. The zero-order chi connectivity index (χ0) is 10.4. The molecule has 13 heavy (non-hydrogen) atoms. The molecule has 0 fully saturated rings. The molecule has 1 radical (unpaired) electrons. The monoisotopic (exact) mass is 200 g/mol. The molecule has 0 rings (SSSR count). The Labute approximate surface area is 88.5 Å². The molecule has 0 aliphatic rings. The van der Waals surface area contributed by atoms with Crippen LogP contribution in [-0.2, 0) is 0 Å². The van der Waals surface area contributed by atoms with Gasteiger partial charge in [0.15, 0.2) is 0 Å². The van der Waals surface area contributed by atoms with E-state index in [4.69, 9.17) is 12.2 Å². The highest BCUT2D eigenvalue weighted by Crippen LogP contribution is 2.08. The van der Waals surface area contributed by atoms with Crippen LogP contribution in [0.2, 0.25) is 0 Å². The molecule has 0 spiro atoms. The van der Waals surface area contributed by atoms with Gasteiger partial charge in [-0.1, -0.05) is 39.9 Å². The Balaban J connectivity index is 3.99. The maximum atomic E-state index is 5.36. The van der Waals surface area contributed by atoms with Gasteiger partial charge in [0.2, 0.25) is 0 Å².